The Bertz CT molecular complexity index is 640. The Hall–Kier alpha value is -1.44. The average molecular weight is 363 g/mol. The number of hydrogen-bond acceptors (Lipinski definition) is 2. The van der Waals surface area contributed by atoms with E-state index in [1.807, 2.05) is 0 Å². The first kappa shape index (κ1) is 15.9. The molecular weight excluding hydrogens is 352 g/mol. The highest BCUT2D eigenvalue weighted by Gasteiger charge is 2.18. The van der Waals surface area contributed by atoms with Crippen LogP contribution in [0.2, 0.25) is 0 Å². The molecule has 2 rings (SSSR count). The zero-order valence-corrected chi connectivity index (χ0v) is 12.2. The number of halogens is 5. The summed E-state index contributed by atoms with van der Waals surface area (Å²) in [6, 6.07) is 5.16. The minimum Gasteiger partial charge on any atom is -0.271 e. The summed E-state index contributed by atoms with van der Waals surface area (Å²) in [5, 5.41) is 0. The third kappa shape index (κ3) is 3.61. The molecule has 0 saturated carbocycles. The molecule has 0 heterocycles. The van der Waals surface area contributed by atoms with Gasteiger partial charge in [-0.25, -0.2) is 17.6 Å². The molecule has 0 saturated heterocycles. The summed E-state index contributed by atoms with van der Waals surface area (Å²) < 4.78 is 53.0. The zero-order chi connectivity index (χ0) is 15.6. The van der Waals surface area contributed by atoms with Crippen LogP contribution >= 0.6 is 15.9 Å². The molecule has 2 aromatic rings. The second-order valence-corrected chi connectivity index (χ2v) is 5.31. The summed E-state index contributed by atoms with van der Waals surface area (Å²) in [7, 11) is 0. The van der Waals surface area contributed by atoms with Crippen molar-refractivity contribution in [2.45, 2.75) is 12.5 Å². The van der Waals surface area contributed by atoms with Crippen molar-refractivity contribution in [3.8, 4) is 0 Å². The molecule has 2 nitrogen and oxygen atoms in total. The van der Waals surface area contributed by atoms with Crippen LogP contribution in [0.3, 0.4) is 0 Å². The van der Waals surface area contributed by atoms with Gasteiger partial charge in [-0.2, -0.15) is 0 Å². The van der Waals surface area contributed by atoms with E-state index in [-0.39, 0.29) is 12.0 Å². The number of hydrogen-bond donors (Lipinski definition) is 2. The van der Waals surface area contributed by atoms with Crippen molar-refractivity contribution in [2.24, 2.45) is 5.84 Å². The predicted octanol–water partition coefficient (Wildman–Crippen LogP) is 3.75. The van der Waals surface area contributed by atoms with Crippen molar-refractivity contribution >= 4 is 15.9 Å². The summed E-state index contributed by atoms with van der Waals surface area (Å²) >= 11 is 3.20. The molecule has 3 N–H and O–H groups in total. The number of hydrazine groups is 1. The maximum atomic E-state index is 13.3. The number of rotatable bonds is 4. The van der Waals surface area contributed by atoms with E-state index in [4.69, 9.17) is 5.84 Å². The van der Waals surface area contributed by atoms with Gasteiger partial charge in [0.2, 0.25) is 0 Å². The summed E-state index contributed by atoms with van der Waals surface area (Å²) in [5.41, 5.74) is 3.25. The van der Waals surface area contributed by atoms with Crippen LogP contribution in [0.5, 0.6) is 0 Å². The maximum Gasteiger partial charge on any atom is 0.194 e. The predicted molar refractivity (Wildman–Crippen MR) is 74.2 cm³/mol. The molecule has 0 aliphatic carbocycles. The second-order valence-electron chi connectivity index (χ2n) is 4.46. The molecule has 2 aromatic carbocycles. The lowest BCUT2D eigenvalue weighted by molar-refractivity contribution is 0.439. The fraction of sp³-hybridized carbons (Fsp3) is 0.143. The summed E-state index contributed by atoms with van der Waals surface area (Å²) in [6.45, 7) is 0. The van der Waals surface area contributed by atoms with E-state index in [9.17, 15) is 17.6 Å². The molecule has 7 heteroatoms. The van der Waals surface area contributed by atoms with E-state index in [0.29, 0.717) is 10.0 Å². The average Bonchev–Trinajstić information content (AvgIpc) is 2.43. The molecule has 0 radical (unpaired) electrons. The van der Waals surface area contributed by atoms with Gasteiger partial charge in [-0.15, -0.1) is 0 Å². The Morgan fingerprint density at radius 3 is 2.19 bits per heavy atom. The Morgan fingerprint density at radius 1 is 1.05 bits per heavy atom. The quantitative estimate of drug-likeness (QED) is 0.376. The lowest BCUT2D eigenvalue weighted by atomic mass is 9.99. The SMILES string of the molecule is NNC(Cc1ccc(F)cc1Br)c1cc(F)c(F)c(F)c1. The smallest absolute Gasteiger partial charge is 0.194 e. The minimum atomic E-state index is -1.53. The van der Waals surface area contributed by atoms with Gasteiger partial charge in [-0.3, -0.25) is 11.3 Å². The van der Waals surface area contributed by atoms with Crippen LogP contribution in [0.15, 0.2) is 34.8 Å². The molecule has 21 heavy (non-hydrogen) atoms. The van der Waals surface area contributed by atoms with E-state index in [1.54, 1.807) is 0 Å². The van der Waals surface area contributed by atoms with Gasteiger partial charge in [0.05, 0.1) is 6.04 Å². The molecule has 0 spiro atoms. The molecule has 0 amide bonds. The van der Waals surface area contributed by atoms with E-state index in [2.05, 4.69) is 21.4 Å². The van der Waals surface area contributed by atoms with E-state index in [1.165, 1.54) is 18.2 Å². The van der Waals surface area contributed by atoms with Crippen LogP contribution in [-0.4, -0.2) is 0 Å². The van der Waals surface area contributed by atoms with Gasteiger partial charge in [-0.05, 0) is 41.8 Å². The third-order valence-corrected chi connectivity index (χ3v) is 3.79. The number of nitrogens with one attached hydrogen (secondary N) is 1. The fourth-order valence-electron chi connectivity index (χ4n) is 1.96. The highest BCUT2D eigenvalue weighted by Crippen LogP contribution is 2.26. The Kier molecular flexibility index (Phi) is 4.97. The maximum absolute atomic E-state index is 13.3. The Balaban J connectivity index is 2.32. The highest BCUT2D eigenvalue weighted by molar-refractivity contribution is 9.10. The van der Waals surface area contributed by atoms with E-state index < -0.39 is 29.3 Å². The molecule has 1 unspecified atom stereocenters. The van der Waals surface area contributed by atoms with E-state index >= 15 is 0 Å². The first-order chi connectivity index (χ1) is 9.92. The molecule has 0 fully saturated rings. The molecular formula is C14H11BrF4N2. The van der Waals surface area contributed by atoms with Gasteiger partial charge in [-0.1, -0.05) is 22.0 Å². The topological polar surface area (TPSA) is 38.0 Å². The van der Waals surface area contributed by atoms with Gasteiger partial charge in [0.15, 0.2) is 17.5 Å². The van der Waals surface area contributed by atoms with Gasteiger partial charge in [0.1, 0.15) is 5.82 Å². The normalized spacial score (nSPS) is 12.5. The number of benzene rings is 2. The number of nitrogens with two attached hydrogens (primary N) is 1. The minimum absolute atomic E-state index is 0.158. The first-order valence-electron chi connectivity index (χ1n) is 5.97. The van der Waals surface area contributed by atoms with Crippen molar-refractivity contribution in [1.82, 2.24) is 5.43 Å². The summed E-state index contributed by atoms with van der Waals surface area (Å²) in [5.74, 6) is 0.871. The van der Waals surface area contributed by atoms with Gasteiger partial charge in [0.25, 0.3) is 0 Å². The van der Waals surface area contributed by atoms with Crippen molar-refractivity contribution < 1.29 is 17.6 Å². The van der Waals surface area contributed by atoms with Crippen LogP contribution in [0.25, 0.3) is 0 Å². The van der Waals surface area contributed by atoms with Crippen molar-refractivity contribution in [3.05, 3.63) is 69.2 Å². The van der Waals surface area contributed by atoms with Crippen LogP contribution in [-0.2, 0) is 6.42 Å². The van der Waals surface area contributed by atoms with Crippen LogP contribution in [0.4, 0.5) is 17.6 Å². The lowest BCUT2D eigenvalue weighted by Gasteiger charge is -2.18. The standard InChI is InChI=1S/C14H11BrF4N2/c15-10-6-9(16)2-1-7(10)5-13(21-20)8-3-11(17)14(19)12(18)4-8/h1-4,6,13,21H,5,20H2. The third-order valence-electron chi connectivity index (χ3n) is 3.05. The lowest BCUT2D eigenvalue weighted by Crippen LogP contribution is -2.30. The van der Waals surface area contributed by atoms with Crippen molar-refractivity contribution in [3.63, 3.8) is 0 Å². The van der Waals surface area contributed by atoms with Crippen LogP contribution < -0.4 is 11.3 Å². The Labute approximate surface area is 127 Å². The van der Waals surface area contributed by atoms with E-state index in [0.717, 1.165) is 12.1 Å². The van der Waals surface area contributed by atoms with Crippen LogP contribution in [0.1, 0.15) is 17.2 Å². The largest absolute Gasteiger partial charge is 0.271 e. The van der Waals surface area contributed by atoms with Gasteiger partial charge in [0, 0.05) is 4.47 Å². The van der Waals surface area contributed by atoms with Crippen molar-refractivity contribution in [1.29, 1.82) is 0 Å². The molecule has 0 aliphatic heterocycles. The highest BCUT2D eigenvalue weighted by atomic mass is 79.9. The van der Waals surface area contributed by atoms with Gasteiger partial charge >= 0.3 is 0 Å². The molecule has 0 aliphatic rings. The molecule has 112 valence electrons. The Morgan fingerprint density at radius 2 is 1.67 bits per heavy atom. The summed E-state index contributed by atoms with van der Waals surface area (Å²) in [4.78, 5) is 0. The molecule has 0 aromatic heterocycles. The van der Waals surface area contributed by atoms with Crippen LogP contribution in [0, 0.1) is 23.3 Å². The zero-order valence-electron chi connectivity index (χ0n) is 10.6. The molecule has 1 atom stereocenters. The fourth-order valence-corrected chi connectivity index (χ4v) is 2.47. The first-order valence-corrected chi connectivity index (χ1v) is 6.76. The second kappa shape index (κ2) is 6.55. The molecule has 0 bridgehead atoms. The summed E-state index contributed by atoms with van der Waals surface area (Å²) in [6.07, 6.45) is 0.238. The monoisotopic (exact) mass is 362 g/mol. The van der Waals surface area contributed by atoms with Gasteiger partial charge < -0.3 is 0 Å². The van der Waals surface area contributed by atoms with Crippen molar-refractivity contribution in [2.75, 3.05) is 0 Å².